The lowest BCUT2D eigenvalue weighted by Gasteiger charge is -2.43. The van der Waals surface area contributed by atoms with Gasteiger partial charge in [0.2, 0.25) is 5.83 Å². The van der Waals surface area contributed by atoms with Crippen molar-refractivity contribution in [1.29, 1.82) is 0 Å². The molecule has 0 aliphatic heterocycles. The second-order valence-corrected chi connectivity index (χ2v) is 8.58. The summed E-state index contributed by atoms with van der Waals surface area (Å²) in [6, 6.07) is -0.339. The Morgan fingerprint density at radius 3 is 1.23 bits per heavy atom. The summed E-state index contributed by atoms with van der Waals surface area (Å²) in [5.41, 5.74) is 0. The fraction of sp³-hybridized carbons (Fsp3) is 0.500. The minimum atomic E-state index is -8.99. The maximum absolute atomic E-state index is 13.8. The van der Waals surface area contributed by atoms with Crippen LogP contribution in [0, 0.1) is 0 Å². The Morgan fingerprint density at radius 2 is 0.900 bits per heavy atom. The Morgan fingerprint density at radius 1 is 0.575 bits per heavy atom. The lowest BCUT2D eigenvalue weighted by molar-refractivity contribution is -0.464. The third kappa shape index (κ3) is 5.00. The number of hydrogen-bond acceptors (Lipinski definition) is 3. The van der Waals surface area contributed by atoms with Gasteiger partial charge in [0.1, 0.15) is 5.75 Å². The van der Waals surface area contributed by atoms with Gasteiger partial charge in [-0.1, -0.05) is 0 Å². The maximum Gasteiger partial charge on any atom is 0.471 e. The zero-order chi connectivity index (χ0) is 32.3. The molecule has 0 saturated heterocycles. The number of halogens is 19. The quantitative estimate of drug-likeness (QED) is 0.199. The fourth-order valence-electron chi connectivity index (χ4n) is 2.32. The summed E-state index contributed by atoms with van der Waals surface area (Å²) in [5.74, 6) is -67.0. The van der Waals surface area contributed by atoms with Crippen molar-refractivity contribution in [3.63, 3.8) is 0 Å². The van der Waals surface area contributed by atoms with E-state index in [-0.39, 0.29) is 24.3 Å². The molecule has 1 aromatic rings. The van der Waals surface area contributed by atoms with Crippen LogP contribution in [-0.4, -0.2) is 60.5 Å². The molecule has 0 atom stereocenters. The van der Waals surface area contributed by atoms with Gasteiger partial charge in [-0.25, -0.2) is 0 Å². The van der Waals surface area contributed by atoms with E-state index in [0.717, 1.165) is 0 Å². The zero-order valence-electron chi connectivity index (χ0n) is 17.6. The monoisotopic (exact) mass is 654 g/mol. The normalized spacial score (nSPS) is 15.2. The molecule has 0 aromatic heterocycles. The van der Waals surface area contributed by atoms with Gasteiger partial charge in [0.05, 0.1) is 4.90 Å². The van der Waals surface area contributed by atoms with Crippen molar-refractivity contribution in [2.24, 2.45) is 0 Å². The molecule has 232 valence electrons. The van der Waals surface area contributed by atoms with E-state index in [1.807, 2.05) is 0 Å². The first-order valence-electron chi connectivity index (χ1n) is 8.79. The van der Waals surface area contributed by atoms with E-state index >= 15 is 0 Å². The summed E-state index contributed by atoms with van der Waals surface area (Å²) in [7, 11) is -5.14. The molecular weight excluding hydrogens is 649 g/mol. The predicted octanol–water partition coefficient (Wildman–Crippen LogP) is 7.43. The van der Waals surface area contributed by atoms with Crippen molar-refractivity contribution < 1.29 is 101 Å². The van der Waals surface area contributed by atoms with Crippen LogP contribution in [0.1, 0.15) is 0 Å². The van der Waals surface area contributed by atoms with Crippen LogP contribution < -0.4 is 4.74 Å². The Bertz CT molecular complexity index is 1230. The molecule has 1 N–H and O–H groups in total. The van der Waals surface area contributed by atoms with Crippen molar-refractivity contribution in [2.75, 3.05) is 0 Å². The van der Waals surface area contributed by atoms with Gasteiger partial charge < -0.3 is 4.74 Å². The Balaban J connectivity index is 3.66. The third-order valence-electron chi connectivity index (χ3n) is 4.54. The van der Waals surface area contributed by atoms with Crippen molar-refractivity contribution >= 4 is 10.1 Å². The number of allylic oxidation sites excluding steroid dienone is 1. The van der Waals surface area contributed by atoms with Gasteiger partial charge in [0.15, 0.2) is 0 Å². The molecular formula is C16H5F19O4S. The lowest BCUT2D eigenvalue weighted by atomic mass is 9.88. The Kier molecular flexibility index (Phi) is 8.59. The number of rotatable bonds is 11. The molecule has 0 heterocycles. The SMILES string of the molecule is O=S(=O)(O)c1ccc(OC(F)(F)C(F)(F)C(F)(F)C(F)(F)C(F)(F)C(F)(F)C(F)(F)C(F)(F)C(F)=C(F)F)cc1. The van der Waals surface area contributed by atoms with Crippen LogP contribution in [0.3, 0.4) is 0 Å². The highest BCUT2D eigenvalue weighted by Crippen LogP contribution is 2.64. The van der Waals surface area contributed by atoms with Crippen LogP contribution in [0.5, 0.6) is 5.75 Å². The van der Waals surface area contributed by atoms with Crippen LogP contribution in [-0.2, 0) is 10.1 Å². The molecule has 24 heteroatoms. The van der Waals surface area contributed by atoms with E-state index in [4.69, 9.17) is 4.55 Å². The van der Waals surface area contributed by atoms with Crippen molar-refractivity contribution in [1.82, 2.24) is 0 Å². The van der Waals surface area contributed by atoms with Crippen molar-refractivity contribution in [2.45, 2.75) is 52.5 Å². The summed E-state index contributed by atoms with van der Waals surface area (Å²) < 4.78 is 287. The van der Waals surface area contributed by atoms with Crippen molar-refractivity contribution in [3.05, 3.63) is 36.2 Å². The van der Waals surface area contributed by atoms with Gasteiger partial charge in [0.25, 0.3) is 10.1 Å². The summed E-state index contributed by atoms with van der Waals surface area (Å²) in [5, 5.41) is 0. The van der Waals surface area contributed by atoms with Crippen LogP contribution in [0.4, 0.5) is 83.4 Å². The molecule has 0 fully saturated rings. The molecule has 4 nitrogen and oxygen atoms in total. The highest BCUT2D eigenvalue weighted by molar-refractivity contribution is 7.85. The van der Waals surface area contributed by atoms with Gasteiger partial charge in [-0.05, 0) is 24.3 Å². The van der Waals surface area contributed by atoms with E-state index in [9.17, 15) is 91.8 Å². The Labute approximate surface area is 206 Å². The standard InChI is InChI=1S/C16H5F19O4S/c17-7(8(18)19)9(20,21)10(22,23)11(24,25)12(26,27)13(28,29)14(30,31)15(32,33)16(34,35)39-5-1-3-6(4-2-5)40(36,37)38/h1-4H,(H,36,37,38). The molecule has 40 heavy (non-hydrogen) atoms. The smallest absolute Gasteiger partial charge is 0.428 e. The van der Waals surface area contributed by atoms with Gasteiger partial charge in [0, 0.05) is 0 Å². The molecule has 0 aliphatic rings. The highest BCUT2D eigenvalue weighted by atomic mass is 32.2. The second kappa shape index (κ2) is 9.72. The highest BCUT2D eigenvalue weighted by Gasteiger charge is 2.95. The van der Waals surface area contributed by atoms with E-state index in [1.54, 1.807) is 0 Å². The average molecular weight is 654 g/mol. The molecule has 0 spiro atoms. The molecule has 1 aromatic carbocycles. The summed E-state index contributed by atoms with van der Waals surface area (Å²) in [6.07, 6.45) is -11.9. The number of alkyl halides is 16. The predicted molar refractivity (Wildman–Crippen MR) is 86.8 cm³/mol. The second-order valence-electron chi connectivity index (χ2n) is 7.16. The molecule has 0 unspecified atom stereocenters. The van der Waals surface area contributed by atoms with Gasteiger partial charge in [-0.2, -0.15) is 91.8 Å². The fourth-order valence-corrected chi connectivity index (χ4v) is 2.80. The molecule has 0 amide bonds. The molecule has 0 bridgehead atoms. The Hall–Kier alpha value is -2.66. The maximum atomic E-state index is 13.8. The summed E-state index contributed by atoms with van der Waals surface area (Å²) in [6.45, 7) is 0. The van der Waals surface area contributed by atoms with Gasteiger partial charge in [-0.15, -0.1) is 0 Å². The first kappa shape index (κ1) is 35.4. The van der Waals surface area contributed by atoms with Crippen LogP contribution in [0.15, 0.2) is 41.1 Å². The van der Waals surface area contributed by atoms with Crippen LogP contribution in [0.25, 0.3) is 0 Å². The zero-order valence-corrected chi connectivity index (χ0v) is 18.4. The molecule has 0 aliphatic carbocycles. The van der Waals surface area contributed by atoms with E-state index in [1.165, 1.54) is 0 Å². The van der Waals surface area contributed by atoms with Gasteiger partial charge in [-0.3, -0.25) is 4.55 Å². The van der Waals surface area contributed by atoms with Crippen LogP contribution in [0.2, 0.25) is 0 Å². The minimum absolute atomic E-state index is 0.0104. The average Bonchev–Trinajstić information content (AvgIpc) is 2.76. The molecule has 1 rings (SSSR count). The third-order valence-corrected chi connectivity index (χ3v) is 5.41. The van der Waals surface area contributed by atoms with E-state index in [2.05, 4.69) is 4.74 Å². The number of ether oxygens (including phenoxy) is 1. The first-order chi connectivity index (χ1) is 17.3. The number of hydrogen-bond donors (Lipinski definition) is 1. The van der Waals surface area contributed by atoms with Gasteiger partial charge >= 0.3 is 53.6 Å². The molecule has 0 radical (unpaired) electrons. The van der Waals surface area contributed by atoms with Crippen LogP contribution >= 0.6 is 0 Å². The summed E-state index contributed by atoms with van der Waals surface area (Å²) in [4.78, 5) is -1.23. The largest absolute Gasteiger partial charge is 0.471 e. The van der Waals surface area contributed by atoms with Crippen molar-refractivity contribution in [3.8, 4) is 5.75 Å². The minimum Gasteiger partial charge on any atom is -0.428 e. The first-order valence-corrected chi connectivity index (χ1v) is 10.2. The topological polar surface area (TPSA) is 63.6 Å². The lowest BCUT2D eigenvalue weighted by Crippen LogP contribution is -2.75. The molecule has 0 saturated carbocycles. The van der Waals surface area contributed by atoms with E-state index < -0.39 is 80.2 Å². The van der Waals surface area contributed by atoms with E-state index in [0.29, 0.717) is 0 Å². The number of benzene rings is 1. The summed E-state index contributed by atoms with van der Waals surface area (Å²) >= 11 is 0.